The number of thioether (sulfide) groups is 1. The van der Waals surface area contributed by atoms with E-state index in [1.807, 2.05) is 26.0 Å². The summed E-state index contributed by atoms with van der Waals surface area (Å²) in [6.07, 6.45) is 3.87. The minimum atomic E-state index is -0.219. The molecule has 1 fully saturated rings. The Labute approximate surface area is 175 Å². The second-order valence-electron chi connectivity index (χ2n) is 7.53. The van der Waals surface area contributed by atoms with Crippen molar-refractivity contribution in [1.29, 1.82) is 0 Å². The van der Waals surface area contributed by atoms with E-state index in [1.165, 1.54) is 23.8 Å². The van der Waals surface area contributed by atoms with Crippen molar-refractivity contribution in [2.45, 2.75) is 51.1 Å². The Morgan fingerprint density at radius 3 is 2.72 bits per heavy atom. The van der Waals surface area contributed by atoms with E-state index in [0.717, 1.165) is 33.5 Å². The van der Waals surface area contributed by atoms with E-state index in [-0.39, 0.29) is 18.0 Å². The van der Waals surface area contributed by atoms with Crippen molar-refractivity contribution >= 4 is 29.2 Å². The van der Waals surface area contributed by atoms with Crippen LogP contribution >= 0.6 is 11.8 Å². The zero-order chi connectivity index (χ0) is 21.0. The van der Waals surface area contributed by atoms with Crippen molar-refractivity contribution in [3.8, 4) is 0 Å². The maximum atomic E-state index is 13.0. The van der Waals surface area contributed by atoms with Crippen molar-refractivity contribution in [1.82, 2.24) is 14.9 Å². The molecule has 0 saturated heterocycles. The maximum absolute atomic E-state index is 13.0. The number of carbonyl (C=O) groups is 1. The van der Waals surface area contributed by atoms with Crippen LogP contribution in [0.2, 0.25) is 0 Å². The first kappa shape index (κ1) is 21.2. The minimum Gasteiger partial charge on any atom is -0.384 e. The summed E-state index contributed by atoms with van der Waals surface area (Å²) >= 11 is 1.73. The predicted molar refractivity (Wildman–Crippen MR) is 118 cm³/mol. The number of nitrogens with one attached hydrogen (secondary N) is 2. The predicted octanol–water partition coefficient (Wildman–Crippen LogP) is 2.69. The van der Waals surface area contributed by atoms with E-state index in [2.05, 4.69) is 15.6 Å². The number of aromatic nitrogens is 2. The lowest BCUT2D eigenvalue weighted by Gasteiger charge is -2.25. The first-order valence-electron chi connectivity index (χ1n) is 9.92. The van der Waals surface area contributed by atoms with Crippen LogP contribution in [0.4, 0.5) is 11.5 Å². The molecule has 7 nitrogen and oxygen atoms in total. The zero-order valence-electron chi connectivity index (χ0n) is 17.2. The first-order chi connectivity index (χ1) is 13.9. The lowest BCUT2D eigenvalue weighted by molar-refractivity contribution is -0.121. The molecule has 0 aliphatic heterocycles. The fraction of sp³-hybridized carbons (Fsp3) is 0.476. The molecule has 156 valence electrons. The summed E-state index contributed by atoms with van der Waals surface area (Å²) in [6.45, 7) is 4.05. The Morgan fingerprint density at radius 1 is 1.34 bits per heavy atom. The average molecular weight is 416 g/mol. The summed E-state index contributed by atoms with van der Waals surface area (Å²) < 4.78 is 1.52. The molecule has 1 saturated carbocycles. The number of nitrogen functional groups attached to an aromatic ring is 1. The third-order valence-electron chi connectivity index (χ3n) is 5.41. The Bertz CT molecular complexity index is 953. The fourth-order valence-electron chi connectivity index (χ4n) is 3.34. The third-order valence-corrected chi connectivity index (χ3v) is 6.69. The summed E-state index contributed by atoms with van der Waals surface area (Å²) in [5, 5.41) is 5.89. The molecule has 29 heavy (non-hydrogen) atoms. The van der Waals surface area contributed by atoms with Gasteiger partial charge in [0, 0.05) is 35.6 Å². The zero-order valence-corrected chi connectivity index (χ0v) is 18.1. The number of pyridine rings is 2. The largest absolute Gasteiger partial charge is 0.384 e. The lowest BCUT2D eigenvalue weighted by atomic mass is 9.87. The highest BCUT2D eigenvalue weighted by Crippen LogP contribution is 2.34. The highest BCUT2D eigenvalue weighted by molar-refractivity contribution is 7.99. The molecule has 0 bridgehead atoms. The van der Waals surface area contributed by atoms with Gasteiger partial charge in [-0.3, -0.25) is 9.59 Å². The maximum Gasteiger partial charge on any atom is 0.275 e. The summed E-state index contributed by atoms with van der Waals surface area (Å²) in [4.78, 5) is 30.6. The van der Waals surface area contributed by atoms with E-state index in [9.17, 15) is 9.59 Å². The smallest absolute Gasteiger partial charge is 0.275 e. The molecule has 0 unspecified atom stereocenters. The van der Waals surface area contributed by atoms with Crippen molar-refractivity contribution in [2.24, 2.45) is 5.92 Å². The van der Waals surface area contributed by atoms with Crippen LogP contribution in [0, 0.1) is 19.8 Å². The van der Waals surface area contributed by atoms with Crippen molar-refractivity contribution in [3.05, 3.63) is 45.5 Å². The van der Waals surface area contributed by atoms with Crippen molar-refractivity contribution in [3.63, 3.8) is 0 Å². The molecule has 1 aliphatic rings. The Balaban J connectivity index is 1.68. The monoisotopic (exact) mass is 415 g/mol. The fourth-order valence-corrected chi connectivity index (χ4v) is 4.67. The number of hydrogen-bond donors (Lipinski definition) is 3. The number of carbonyl (C=O) groups excluding carboxylic acids is 1. The van der Waals surface area contributed by atoms with Gasteiger partial charge >= 0.3 is 0 Å². The van der Waals surface area contributed by atoms with Gasteiger partial charge in [0.2, 0.25) is 5.91 Å². The van der Waals surface area contributed by atoms with Crippen molar-refractivity contribution in [2.75, 3.05) is 23.9 Å². The van der Waals surface area contributed by atoms with Crippen LogP contribution in [0.1, 0.15) is 36.2 Å². The van der Waals surface area contributed by atoms with Gasteiger partial charge in [-0.05, 0) is 50.3 Å². The molecule has 8 heteroatoms. The van der Waals surface area contributed by atoms with Crippen LogP contribution in [0.25, 0.3) is 0 Å². The number of anilines is 2. The van der Waals surface area contributed by atoms with Gasteiger partial charge in [-0.15, -0.1) is 11.8 Å². The van der Waals surface area contributed by atoms with Gasteiger partial charge in [0.05, 0.1) is 0 Å². The molecule has 2 aromatic rings. The van der Waals surface area contributed by atoms with E-state index >= 15 is 0 Å². The van der Waals surface area contributed by atoms with Crippen LogP contribution < -0.4 is 21.9 Å². The van der Waals surface area contributed by atoms with Crippen LogP contribution in [-0.2, 0) is 17.9 Å². The lowest BCUT2D eigenvalue weighted by Crippen LogP contribution is -2.34. The van der Waals surface area contributed by atoms with E-state index in [1.54, 1.807) is 24.9 Å². The number of nitrogens with two attached hydrogens (primary N) is 1. The summed E-state index contributed by atoms with van der Waals surface area (Å²) in [7, 11) is 1.75. The van der Waals surface area contributed by atoms with Crippen LogP contribution in [0.15, 0.2) is 27.9 Å². The second-order valence-corrected chi connectivity index (χ2v) is 8.59. The number of hydrogen-bond acceptors (Lipinski definition) is 6. The molecule has 0 aromatic carbocycles. The number of nitrogens with zero attached hydrogens (tertiary/aromatic N) is 2. The minimum absolute atomic E-state index is 0.0195. The topological polar surface area (TPSA) is 102 Å². The molecular formula is C21H29N5O2S. The molecule has 4 N–H and O–H groups in total. The molecule has 2 heterocycles. The quantitative estimate of drug-likeness (QED) is 0.573. The Morgan fingerprint density at radius 2 is 2.10 bits per heavy atom. The van der Waals surface area contributed by atoms with Gasteiger partial charge in [0.15, 0.2) is 0 Å². The van der Waals surface area contributed by atoms with Crippen molar-refractivity contribution < 1.29 is 4.79 Å². The van der Waals surface area contributed by atoms with Gasteiger partial charge in [-0.1, -0.05) is 12.5 Å². The number of aryl methyl sites for hydroxylation is 2. The molecule has 1 aliphatic carbocycles. The first-order valence-corrected chi connectivity index (χ1v) is 10.9. The van der Waals surface area contributed by atoms with Gasteiger partial charge in [0.1, 0.15) is 18.1 Å². The van der Waals surface area contributed by atoms with Crippen LogP contribution in [0.3, 0.4) is 0 Å². The molecule has 2 aromatic heterocycles. The van der Waals surface area contributed by atoms with Gasteiger partial charge in [-0.25, -0.2) is 4.98 Å². The summed E-state index contributed by atoms with van der Waals surface area (Å²) in [5.74, 6) is 2.02. The second kappa shape index (κ2) is 9.35. The van der Waals surface area contributed by atoms with E-state index < -0.39 is 0 Å². The van der Waals surface area contributed by atoms with Gasteiger partial charge in [-0.2, -0.15) is 0 Å². The Hall–Kier alpha value is -2.48. The molecule has 1 amide bonds. The summed E-state index contributed by atoms with van der Waals surface area (Å²) in [5.41, 5.74) is 8.52. The SMILES string of the molecule is CNc1c(SCC2CCC2)cc(C)n(CC(=O)NCc2ccc(N)nc2C)c1=O. The van der Waals surface area contributed by atoms with E-state index in [0.29, 0.717) is 18.1 Å². The van der Waals surface area contributed by atoms with Crippen LogP contribution in [-0.4, -0.2) is 28.3 Å². The highest BCUT2D eigenvalue weighted by atomic mass is 32.2. The number of amides is 1. The number of rotatable bonds is 8. The molecule has 0 spiro atoms. The average Bonchev–Trinajstić information content (AvgIpc) is 2.63. The normalized spacial score (nSPS) is 13.8. The van der Waals surface area contributed by atoms with Crippen LogP contribution in [0.5, 0.6) is 0 Å². The molecule has 0 radical (unpaired) electrons. The van der Waals surface area contributed by atoms with Gasteiger partial charge in [0.25, 0.3) is 5.56 Å². The van der Waals surface area contributed by atoms with E-state index in [4.69, 9.17) is 5.73 Å². The third kappa shape index (κ3) is 5.12. The van der Waals surface area contributed by atoms with Gasteiger partial charge < -0.3 is 20.9 Å². The molecule has 3 rings (SSSR count). The summed E-state index contributed by atoms with van der Waals surface area (Å²) in [6, 6.07) is 5.56. The molecular weight excluding hydrogens is 386 g/mol. The standard InChI is InChI=1S/C21H29N5O2S/c1-13-9-17(29-12-15-5-4-6-15)20(23-3)21(28)26(13)11-19(27)24-10-16-7-8-18(22)25-14(16)2/h7-9,15,23H,4-6,10-12H2,1-3H3,(H2,22,25)(H,24,27). The Kier molecular flexibility index (Phi) is 6.84. The molecule has 0 atom stereocenters. The highest BCUT2D eigenvalue weighted by Gasteiger charge is 2.20.